The molecule has 23 heavy (non-hydrogen) atoms. The third-order valence-electron chi connectivity index (χ3n) is 4.07. The van der Waals surface area contributed by atoms with E-state index in [9.17, 15) is 18.9 Å². The summed E-state index contributed by atoms with van der Waals surface area (Å²) in [6.07, 6.45) is 7.86. The molecule has 0 spiro atoms. The van der Waals surface area contributed by atoms with Gasteiger partial charge in [0.25, 0.3) is 0 Å². The third kappa shape index (κ3) is 9.28. The van der Waals surface area contributed by atoms with Crippen molar-refractivity contribution in [1.29, 1.82) is 0 Å². The zero-order chi connectivity index (χ0) is 15.3. The molecule has 0 bridgehead atoms. The summed E-state index contributed by atoms with van der Waals surface area (Å²) < 4.78 is 33.9. The van der Waals surface area contributed by atoms with Crippen molar-refractivity contribution in [2.75, 3.05) is 5.90 Å². The van der Waals surface area contributed by atoms with E-state index in [2.05, 4.69) is 0 Å². The Labute approximate surface area is 152 Å². The monoisotopic (exact) mass is 550 g/mol. The Morgan fingerprint density at radius 3 is 1.35 bits per heavy atom. The first-order chi connectivity index (χ1) is 9.86. The van der Waals surface area contributed by atoms with Crippen LogP contribution in [0.25, 0.3) is 0 Å². The average molecular weight is 550 g/mol. The molecule has 2 atom stereocenters. The standard InChI is InChI=1S/C13H26O6P2.H3N.Pt/c14-20(15,18-12-7-3-1-4-8-12)11-21(16,17)19-13-9-5-2-6-10-13;;/h12-13H,1-11H2,(H,14,15)(H,16,17);1H3;/q;;+2/p-2. The van der Waals surface area contributed by atoms with Gasteiger partial charge in [-0.15, -0.1) is 0 Å². The maximum Gasteiger partial charge on any atom is 2.00 e. The van der Waals surface area contributed by atoms with Gasteiger partial charge in [-0.3, -0.25) is 0 Å². The SMILES string of the molecule is N.O=P([O-])(CP(=O)([O-])OC1CCCCC1)OC1CCCCC1.[Pt+2]. The Hall–Kier alpha value is 0.948. The second-order valence-corrected chi connectivity index (χ2v) is 10.1. The molecular weight excluding hydrogens is 523 g/mol. The molecule has 0 aromatic rings. The number of rotatable bonds is 6. The molecule has 0 aliphatic heterocycles. The van der Waals surface area contributed by atoms with Gasteiger partial charge in [0.1, 0.15) is 15.2 Å². The summed E-state index contributed by atoms with van der Waals surface area (Å²) in [6, 6.07) is 0. The molecule has 7 nitrogen and oxygen atoms in total. The molecule has 2 fully saturated rings. The summed E-state index contributed by atoms with van der Waals surface area (Å²) in [6.45, 7) is 0. The van der Waals surface area contributed by atoms with Crippen LogP contribution >= 0.6 is 15.2 Å². The fourth-order valence-electron chi connectivity index (χ4n) is 3.07. The van der Waals surface area contributed by atoms with Gasteiger partial charge < -0.3 is 34.1 Å². The van der Waals surface area contributed by atoms with Crippen LogP contribution in [0.2, 0.25) is 0 Å². The van der Waals surface area contributed by atoms with Gasteiger partial charge in [-0.2, -0.15) is 0 Å². The topological polar surface area (TPSA) is 134 Å². The minimum Gasteiger partial charge on any atom is -0.778 e. The molecule has 2 aliphatic carbocycles. The molecule has 0 heterocycles. The van der Waals surface area contributed by atoms with Crippen molar-refractivity contribution in [3.63, 3.8) is 0 Å². The van der Waals surface area contributed by atoms with Crippen LogP contribution in [0.15, 0.2) is 0 Å². The van der Waals surface area contributed by atoms with Crippen LogP contribution in [0.4, 0.5) is 0 Å². The molecule has 0 amide bonds. The van der Waals surface area contributed by atoms with Crippen LogP contribution in [0, 0.1) is 0 Å². The van der Waals surface area contributed by atoms with E-state index in [4.69, 9.17) is 9.05 Å². The zero-order valence-electron chi connectivity index (χ0n) is 13.3. The van der Waals surface area contributed by atoms with Crippen LogP contribution < -0.4 is 15.9 Å². The Kier molecular flexibility index (Phi) is 11.3. The molecule has 0 aromatic heterocycles. The number of hydrogen-bond donors (Lipinski definition) is 1. The molecular formula is C13H27NO6P2Pt. The van der Waals surface area contributed by atoms with Gasteiger partial charge in [-0.25, -0.2) is 0 Å². The molecule has 2 rings (SSSR count). The normalized spacial score (nSPS) is 25.5. The van der Waals surface area contributed by atoms with Crippen molar-refractivity contribution in [1.82, 2.24) is 6.15 Å². The Morgan fingerprint density at radius 1 is 0.739 bits per heavy atom. The van der Waals surface area contributed by atoms with Gasteiger partial charge in [0.15, 0.2) is 0 Å². The second-order valence-electron chi connectivity index (χ2n) is 6.09. The molecule has 2 saturated carbocycles. The zero-order valence-corrected chi connectivity index (χ0v) is 17.4. The molecule has 0 saturated heterocycles. The Bertz CT molecular complexity index is 389. The molecule has 0 aromatic carbocycles. The second kappa shape index (κ2) is 10.8. The van der Waals surface area contributed by atoms with Crippen molar-refractivity contribution < 1.29 is 49.0 Å². The van der Waals surface area contributed by atoms with Crippen molar-refractivity contribution in [3.05, 3.63) is 0 Å². The first kappa shape index (κ1) is 23.9. The van der Waals surface area contributed by atoms with Crippen molar-refractivity contribution in [2.24, 2.45) is 0 Å². The maximum absolute atomic E-state index is 11.9. The molecule has 3 N–H and O–H groups in total. The summed E-state index contributed by atoms with van der Waals surface area (Å²) in [5.74, 6) is -1.02. The van der Waals surface area contributed by atoms with E-state index in [-0.39, 0.29) is 39.4 Å². The first-order valence-corrected chi connectivity index (χ1v) is 11.3. The first-order valence-electron chi connectivity index (χ1n) is 7.83. The fourth-order valence-corrected chi connectivity index (χ4v) is 6.63. The predicted molar refractivity (Wildman–Crippen MR) is 81.0 cm³/mol. The number of hydrogen-bond acceptors (Lipinski definition) is 7. The molecule has 10 heteroatoms. The predicted octanol–water partition coefficient (Wildman–Crippen LogP) is 2.91. The van der Waals surface area contributed by atoms with Crippen molar-refractivity contribution in [2.45, 2.75) is 76.4 Å². The van der Waals surface area contributed by atoms with Crippen molar-refractivity contribution >= 4 is 15.2 Å². The summed E-state index contributed by atoms with van der Waals surface area (Å²) in [7, 11) is -8.80. The average Bonchev–Trinajstić information content (AvgIpc) is 2.38. The summed E-state index contributed by atoms with van der Waals surface area (Å²) in [5.41, 5.74) is 0. The quantitative estimate of drug-likeness (QED) is 0.503. The fraction of sp³-hybridized carbons (Fsp3) is 1.00. The molecule has 0 radical (unpaired) electrons. The summed E-state index contributed by atoms with van der Waals surface area (Å²) in [5, 5.41) is 0. The van der Waals surface area contributed by atoms with Crippen molar-refractivity contribution in [3.8, 4) is 0 Å². The van der Waals surface area contributed by atoms with E-state index in [1.807, 2.05) is 0 Å². The van der Waals surface area contributed by atoms with E-state index < -0.39 is 21.1 Å². The van der Waals surface area contributed by atoms with E-state index in [1.165, 1.54) is 0 Å². The molecule has 2 unspecified atom stereocenters. The van der Waals surface area contributed by atoms with Gasteiger partial charge in [0.05, 0.1) is 18.1 Å². The van der Waals surface area contributed by atoms with Crippen LogP contribution in [-0.4, -0.2) is 18.1 Å². The third-order valence-corrected chi connectivity index (χ3v) is 8.08. The maximum atomic E-state index is 11.9. The van der Waals surface area contributed by atoms with E-state index in [0.29, 0.717) is 25.7 Å². The van der Waals surface area contributed by atoms with E-state index in [0.717, 1.165) is 38.5 Å². The van der Waals surface area contributed by atoms with E-state index in [1.54, 1.807) is 0 Å². The summed E-state index contributed by atoms with van der Waals surface area (Å²) >= 11 is 0. The Morgan fingerprint density at radius 2 is 1.04 bits per heavy atom. The van der Waals surface area contributed by atoms with Gasteiger partial charge in [-0.1, -0.05) is 38.5 Å². The molecule has 140 valence electrons. The minimum atomic E-state index is -4.40. The Balaban J connectivity index is 0.00000242. The van der Waals surface area contributed by atoms with Crippen LogP contribution in [0.5, 0.6) is 0 Å². The van der Waals surface area contributed by atoms with Gasteiger partial charge >= 0.3 is 21.1 Å². The van der Waals surface area contributed by atoms with Crippen LogP contribution in [-0.2, 0) is 39.2 Å². The molecule has 2 aliphatic rings. The van der Waals surface area contributed by atoms with E-state index >= 15 is 0 Å². The van der Waals surface area contributed by atoms with Crippen LogP contribution in [0.3, 0.4) is 0 Å². The van der Waals surface area contributed by atoms with Crippen LogP contribution in [0.1, 0.15) is 64.2 Å². The summed E-state index contributed by atoms with van der Waals surface area (Å²) in [4.78, 5) is 23.8. The smallest absolute Gasteiger partial charge is 0.778 e. The van der Waals surface area contributed by atoms with Gasteiger partial charge in [-0.05, 0) is 25.7 Å². The van der Waals surface area contributed by atoms with Gasteiger partial charge in [0, 0.05) is 0 Å². The van der Waals surface area contributed by atoms with Gasteiger partial charge in [0.2, 0.25) is 0 Å². The minimum absolute atomic E-state index is 0. The largest absolute Gasteiger partial charge is 2.00 e.